The highest BCUT2D eigenvalue weighted by Gasteiger charge is 1.98. The number of hydrogen-bond acceptors (Lipinski definition) is 3. The maximum atomic E-state index is 5.78. The van der Waals surface area contributed by atoms with Gasteiger partial charge in [0.25, 0.3) is 0 Å². The molecule has 0 fully saturated rings. The van der Waals surface area contributed by atoms with E-state index in [0.717, 1.165) is 22.4 Å². The normalized spacial score (nSPS) is 10.5. The number of hydrogen-bond donors (Lipinski definition) is 1. The summed E-state index contributed by atoms with van der Waals surface area (Å²) in [4.78, 5) is 4.17. The fraction of sp³-hybridized carbons (Fsp3) is 0.182. The second-order valence-corrected chi connectivity index (χ2v) is 4.89. The number of nitrogens with zero attached hydrogens (tertiary/aromatic N) is 1. The van der Waals surface area contributed by atoms with E-state index in [2.05, 4.69) is 22.4 Å². The lowest BCUT2D eigenvalue weighted by atomic mass is 10.2. The molecule has 0 aliphatic heterocycles. The Kier molecular flexibility index (Phi) is 3.72. The fourth-order valence-electron chi connectivity index (χ4n) is 1.28. The zero-order chi connectivity index (χ0) is 10.5. The van der Waals surface area contributed by atoms with E-state index in [0.29, 0.717) is 0 Å². The molecule has 2 nitrogen and oxygen atoms in total. The first kappa shape index (κ1) is 10.6. The Morgan fingerprint density at radius 1 is 1.20 bits per heavy atom. The van der Waals surface area contributed by atoms with E-state index in [4.69, 9.17) is 11.6 Å². The van der Waals surface area contributed by atoms with Crippen LogP contribution in [0.25, 0.3) is 0 Å². The molecule has 15 heavy (non-hydrogen) atoms. The van der Waals surface area contributed by atoms with Crippen LogP contribution < -0.4 is 5.32 Å². The maximum Gasteiger partial charge on any atom is 0.113 e. The molecule has 0 aliphatic carbocycles. The minimum atomic E-state index is 0.742. The predicted octanol–water partition coefficient (Wildman–Crippen LogP) is 3.09. The van der Waals surface area contributed by atoms with Crippen molar-refractivity contribution in [2.24, 2.45) is 0 Å². The summed E-state index contributed by atoms with van der Waals surface area (Å²) in [6, 6.07) is 10.3. The van der Waals surface area contributed by atoms with Crippen LogP contribution in [-0.2, 0) is 13.1 Å². The van der Waals surface area contributed by atoms with Gasteiger partial charge in [-0.25, -0.2) is 4.98 Å². The number of rotatable bonds is 4. The standard InChI is InChI=1S/C11H11ClN2S/c12-10-7-14-11(15-10)8-13-6-9-4-2-1-3-5-9/h1-5,7,13H,6,8H2. The summed E-state index contributed by atoms with van der Waals surface area (Å²) < 4.78 is 0.742. The molecule has 0 unspecified atom stereocenters. The van der Waals surface area contributed by atoms with Crippen LogP contribution in [0.15, 0.2) is 36.5 Å². The van der Waals surface area contributed by atoms with Crippen LogP contribution in [-0.4, -0.2) is 4.98 Å². The number of benzene rings is 1. The molecule has 0 bridgehead atoms. The second kappa shape index (κ2) is 5.26. The maximum absolute atomic E-state index is 5.78. The van der Waals surface area contributed by atoms with Gasteiger partial charge in [0, 0.05) is 13.1 Å². The molecule has 78 valence electrons. The highest BCUT2D eigenvalue weighted by molar-refractivity contribution is 7.15. The first-order chi connectivity index (χ1) is 7.34. The Labute approximate surface area is 97.9 Å². The summed E-state index contributed by atoms with van der Waals surface area (Å²) in [6.07, 6.45) is 1.69. The molecule has 0 radical (unpaired) electrons. The summed E-state index contributed by atoms with van der Waals surface area (Å²) in [5.74, 6) is 0. The van der Waals surface area contributed by atoms with Crippen molar-refractivity contribution in [2.45, 2.75) is 13.1 Å². The molecule has 0 aliphatic rings. The van der Waals surface area contributed by atoms with E-state index in [-0.39, 0.29) is 0 Å². The monoisotopic (exact) mass is 238 g/mol. The molecule has 0 saturated heterocycles. The number of nitrogens with one attached hydrogen (secondary N) is 1. The molecule has 4 heteroatoms. The average molecular weight is 239 g/mol. The molecule has 1 N–H and O–H groups in total. The highest BCUT2D eigenvalue weighted by Crippen LogP contribution is 2.17. The van der Waals surface area contributed by atoms with Crippen molar-refractivity contribution in [1.82, 2.24) is 10.3 Å². The van der Waals surface area contributed by atoms with E-state index in [1.807, 2.05) is 18.2 Å². The van der Waals surface area contributed by atoms with Crippen molar-refractivity contribution in [3.8, 4) is 0 Å². The Morgan fingerprint density at radius 2 is 2.00 bits per heavy atom. The Balaban J connectivity index is 1.80. The lowest BCUT2D eigenvalue weighted by Crippen LogP contribution is -2.12. The number of halogens is 1. The van der Waals surface area contributed by atoms with Gasteiger partial charge in [-0.05, 0) is 5.56 Å². The van der Waals surface area contributed by atoms with Gasteiger partial charge in [-0.1, -0.05) is 41.9 Å². The van der Waals surface area contributed by atoms with Gasteiger partial charge in [0.2, 0.25) is 0 Å². The summed E-state index contributed by atoms with van der Waals surface area (Å²) in [5, 5.41) is 4.34. The SMILES string of the molecule is Clc1cnc(CNCc2ccccc2)s1. The molecule has 0 saturated carbocycles. The largest absolute Gasteiger partial charge is 0.306 e. The summed E-state index contributed by atoms with van der Waals surface area (Å²) in [7, 11) is 0. The number of aromatic nitrogens is 1. The second-order valence-electron chi connectivity index (χ2n) is 3.15. The molecule has 1 aromatic carbocycles. The lowest BCUT2D eigenvalue weighted by molar-refractivity contribution is 0.690. The zero-order valence-electron chi connectivity index (χ0n) is 8.11. The lowest BCUT2D eigenvalue weighted by Gasteiger charge is -2.01. The highest BCUT2D eigenvalue weighted by atomic mass is 35.5. The Morgan fingerprint density at radius 3 is 2.67 bits per heavy atom. The van der Waals surface area contributed by atoms with Gasteiger partial charge in [0.15, 0.2) is 0 Å². The first-order valence-electron chi connectivity index (χ1n) is 4.69. The topological polar surface area (TPSA) is 24.9 Å². The van der Waals surface area contributed by atoms with Gasteiger partial charge in [-0.2, -0.15) is 0 Å². The Hall–Kier alpha value is -0.900. The quantitative estimate of drug-likeness (QED) is 0.886. The molecule has 0 amide bonds. The van der Waals surface area contributed by atoms with Gasteiger partial charge >= 0.3 is 0 Å². The minimum absolute atomic E-state index is 0.742. The van der Waals surface area contributed by atoms with Crippen LogP contribution in [0.5, 0.6) is 0 Å². The molecule has 2 aromatic rings. The van der Waals surface area contributed by atoms with Gasteiger partial charge in [-0.15, -0.1) is 11.3 Å². The van der Waals surface area contributed by atoms with Crippen molar-refractivity contribution in [2.75, 3.05) is 0 Å². The van der Waals surface area contributed by atoms with Crippen LogP contribution in [0.1, 0.15) is 10.6 Å². The molecular weight excluding hydrogens is 228 g/mol. The zero-order valence-corrected chi connectivity index (χ0v) is 9.68. The third-order valence-electron chi connectivity index (χ3n) is 1.97. The van der Waals surface area contributed by atoms with E-state index in [1.54, 1.807) is 6.20 Å². The predicted molar refractivity (Wildman–Crippen MR) is 64.1 cm³/mol. The average Bonchev–Trinajstić information content (AvgIpc) is 2.66. The van der Waals surface area contributed by atoms with Crippen LogP contribution in [0.4, 0.5) is 0 Å². The van der Waals surface area contributed by atoms with Gasteiger partial charge in [0.1, 0.15) is 9.34 Å². The van der Waals surface area contributed by atoms with Crippen LogP contribution in [0.2, 0.25) is 4.34 Å². The van der Waals surface area contributed by atoms with Crippen LogP contribution >= 0.6 is 22.9 Å². The molecule has 0 atom stereocenters. The molecule has 1 aromatic heterocycles. The first-order valence-corrected chi connectivity index (χ1v) is 5.89. The summed E-state index contributed by atoms with van der Waals surface area (Å²) >= 11 is 7.30. The minimum Gasteiger partial charge on any atom is -0.306 e. The Bertz CT molecular complexity index is 414. The van der Waals surface area contributed by atoms with E-state index in [1.165, 1.54) is 16.9 Å². The van der Waals surface area contributed by atoms with Crippen LogP contribution in [0, 0.1) is 0 Å². The van der Waals surface area contributed by atoms with Gasteiger partial charge < -0.3 is 5.32 Å². The summed E-state index contributed by atoms with van der Waals surface area (Å²) in [5.41, 5.74) is 1.28. The summed E-state index contributed by atoms with van der Waals surface area (Å²) in [6.45, 7) is 1.63. The van der Waals surface area contributed by atoms with Crippen molar-refractivity contribution < 1.29 is 0 Å². The third kappa shape index (κ3) is 3.30. The van der Waals surface area contributed by atoms with E-state index >= 15 is 0 Å². The third-order valence-corrected chi connectivity index (χ3v) is 3.09. The van der Waals surface area contributed by atoms with Crippen molar-refractivity contribution in [3.63, 3.8) is 0 Å². The van der Waals surface area contributed by atoms with Gasteiger partial charge in [0.05, 0.1) is 6.20 Å². The fourth-order valence-corrected chi connectivity index (χ4v) is 2.21. The molecule has 1 heterocycles. The van der Waals surface area contributed by atoms with Crippen molar-refractivity contribution >= 4 is 22.9 Å². The molecule has 2 rings (SSSR count). The van der Waals surface area contributed by atoms with Gasteiger partial charge in [-0.3, -0.25) is 0 Å². The van der Waals surface area contributed by atoms with Crippen molar-refractivity contribution in [1.29, 1.82) is 0 Å². The molecule has 0 spiro atoms. The molecular formula is C11H11ClN2S. The number of thiazole rings is 1. The van der Waals surface area contributed by atoms with Crippen LogP contribution in [0.3, 0.4) is 0 Å². The van der Waals surface area contributed by atoms with E-state index < -0.39 is 0 Å². The van der Waals surface area contributed by atoms with E-state index in [9.17, 15) is 0 Å². The van der Waals surface area contributed by atoms with Crippen molar-refractivity contribution in [3.05, 3.63) is 51.4 Å². The smallest absolute Gasteiger partial charge is 0.113 e.